The maximum atomic E-state index is 11.6. The van der Waals surface area contributed by atoms with Gasteiger partial charge in [-0.2, -0.15) is 5.10 Å². The van der Waals surface area contributed by atoms with Gasteiger partial charge in [-0.25, -0.2) is 9.59 Å². The van der Waals surface area contributed by atoms with Crippen LogP contribution < -0.4 is 10.6 Å². The van der Waals surface area contributed by atoms with Gasteiger partial charge in [0.1, 0.15) is 6.04 Å². The van der Waals surface area contributed by atoms with E-state index in [4.69, 9.17) is 5.11 Å². The maximum Gasteiger partial charge on any atom is 0.326 e. The van der Waals surface area contributed by atoms with E-state index in [1.54, 1.807) is 11.6 Å². The van der Waals surface area contributed by atoms with Crippen LogP contribution in [0.4, 0.5) is 4.79 Å². The molecule has 0 saturated carbocycles. The molecule has 0 bridgehead atoms. The van der Waals surface area contributed by atoms with Gasteiger partial charge in [-0.05, 0) is 20.3 Å². The molecule has 0 fully saturated rings. The number of carboxylic acids is 1. The quantitative estimate of drug-likeness (QED) is 0.732. The number of aromatic nitrogens is 2. The number of nitrogens with one attached hydrogen (secondary N) is 2. The second kappa shape index (κ2) is 6.21. The van der Waals surface area contributed by atoms with E-state index in [9.17, 15) is 9.59 Å². The van der Waals surface area contributed by atoms with Crippen molar-refractivity contribution in [3.8, 4) is 0 Å². The van der Waals surface area contributed by atoms with Crippen molar-refractivity contribution < 1.29 is 14.7 Å². The fraction of sp³-hybridized carbons (Fsp3) is 0.583. The van der Waals surface area contributed by atoms with Crippen LogP contribution in [0.2, 0.25) is 0 Å². The Labute approximate surface area is 112 Å². The lowest BCUT2D eigenvalue weighted by molar-refractivity contribution is -0.139. The summed E-state index contributed by atoms with van der Waals surface area (Å²) in [6, 6.07) is -1.35. The first-order chi connectivity index (χ1) is 8.86. The number of carbonyl (C=O) groups excluding carboxylic acids is 1. The van der Waals surface area contributed by atoms with Crippen LogP contribution in [0.5, 0.6) is 0 Å². The molecule has 0 saturated heterocycles. The second-order valence-corrected chi connectivity index (χ2v) is 4.40. The van der Waals surface area contributed by atoms with Crippen molar-refractivity contribution in [3.63, 3.8) is 0 Å². The number of carbonyl (C=O) groups is 2. The highest BCUT2D eigenvalue weighted by Crippen LogP contribution is 2.10. The molecule has 0 spiro atoms. The normalized spacial score (nSPS) is 12.0. The Morgan fingerprint density at radius 1 is 1.42 bits per heavy atom. The summed E-state index contributed by atoms with van der Waals surface area (Å²) in [6.07, 6.45) is 0.341. The lowest BCUT2D eigenvalue weighted by Crippen LogP contribution is -2.45. The monoisotopic (exact) mass is 268 g/mol. The van der Waals surface area contributed by atoms with E-state index in [1.165, 1.54) is 0 Å². The first-order valence-electron chi connectivity index (χ1n) is 6.13. The average Bonchev–Trinajstić information content (AvgIpc) is 2.58. The van der Waals surface area contributed by atoms with Crippen molar-refractivity contribution in [1.82, 2.24) is 20.4 Å². The molecule has 1 unspecified atom stereocenters. The Bertz CT molecular complexity index is 482. The predicted molar refractivity (Wildman–Crippen MR) is 69.8 cm³/mol. The van der Waals surface area contributed by atoms with Gasteiger partial charge < -0.3 is 15.7 Å². The number of nitrogens with zero attached hydrogens (tertiary/aromatic N) is 2. The lowest BCUT2D eigenvalue weighted by Gasteiger charge is -2.13. The highest BCUT2D eigenvalue weighted by molar-refractivity contribution is 5.82. The molecule has 1 aromatic rings. The van der Waals surface area contributed by atoms with E-state index in [1.807, 2.05) is 20.9 Å². The number of hydrogen-bond donors (Lipinski definition) is 3. The molecular formula is C12H20N4O3. The van der Waals surface area contributed by atoms with Crippen molar-refractivity contribution >= 4 is 12.0 Å². The van der Waals surface area contributed by atoms with Gasteiger partial charge in [-0.3, -0.25) is 4.68 Å². The van der Waals surface area contributed by atoms with Crippen molar-refractivity contribution in [2.24, 2.45) is 7.05 Å². The number of carboxylic acid groups (broad SMARTS) is 1. The number of urea groups is 1. The van der Waals surface area contributed by atoms with Crippen LogP contribution in [0.15, 0.2) is 0 Å². The lowest BCUT2D eigenvalue weighted by atomic mass is 10.2. The molecule has 7 heteroatoms. The summed E-state index contributed by atoms with van der Waals surface area (Å²) >= 11 is 0. The third kappa shape index (κ3) is 3.70. The second-order valence-electron chi connectivity index (χ2n) is 4.40. The zero-order valence-electron chi connectivity index (χ0n) is 11.6. The number of hydrogen-bond acceptors (Lipinski definition) is 3. The molecule has 19 heavy (non-hydrogen) atoms. The van der Waals surface area contributed by atoms with Gasteiger partial charge in [-0.1, -0.05) is 6.92 Å². The summed E-state index contributed by atoms with van der Waals surface area (Å²) in [6.45, 7) is 5.82. The van der Waals surface area contributed by atoms with E-state index in [0.29, 0.717) is 13.0 Å². The number of aryl methyl sites for hydroxylation is 2. The number of rotatable bonds is 5. The smallest absolute Gasteiger partial charge is 0.326 e. The van der Waals surface area contributed by atoms with Crippen molar-refractivity contribution in [3.05, 3.63) is 17.0 Å². The van der Waals surface area contributed by atoms with Gasteiger partial charge in [0.2, 0.25) is 0 Å². The molecule has 0 aliphatic rings. The summed E-state index contributed by atoms with van der Waals surface area (Å²) in [5.41, 5.74) is 2.77. The highest BCUT2D eigenvalue weighted by atomic mass is 16.4. The maximum absolute atomic E-state index is 11.6. The molecule has 0 aromatic carbocycles. The molecule has 0 aliphatic heterocycles. The van der Waals surface area contributed by atoms with Crippen LogP contribution in [0, 0.1) is 13.8 Å². The number of aliphatic carboxylic acids is 1. The highest BCUT2D eigenvalue weighted by Gasteiger charge is 2.17. The first-order valence-corrected chi connectivity index (χ1v) is 6.13. The summed E-state index contributed by atoms with van der Waals surface area (Å²) in [5.74, 6) is -1.04. The fourth-order valence-electron chi connectivity index (χ4n) is 1.79. The third-order valence-corrected chi connectivity index (χ3v) is 3.10. The molecule has 0 radical (unpaired) electrons. The van der Waals surface area contributed by atoms with Gasteiger partial charge >= 0.3 is 12.0 Å². The predicted octanol–water partition coefficient (Wildman–Crippen LogP) is 0.699. The van der Waals surface area contributed by atoms with Crippen molar-refractivity contribution in [2.45, 2.75) is 39.8 Å². The average molecular weight is 268 g/mol. The molecule has 1 heterocycles. The van der Waals surface area contributed by atoms with E-state index in [-0.39, 0.29) is 0 Å². The molecular weight excluding hydrogens is 248 g/mol. The Morgan fingerprint density at radius 2 is 2.05 bits per heavy atom. The topological polar surface area (TPSA) is 96.3 Å². The summed E-state index contributed by atoms with van der Waals surface area (Å²) in [7, 11) is 1.84. The zero-order valence-corrected chi connectivity index (χ0v) is 11.6. The van der Waals surface area contributed by atoms with Crippen molar-refractivity contribution in [2.75, 3.05) is 0 Å². The van der Waals surface area contributed by atoms with E-state index in [2.05, 4.69) is 15.7 Å². The van der Waals surface area contributed by atoms with Crippen LogP contribution in [0.1, 0.15) is 30.3 Å². The fourth-order valence-corrected chi connectivity index (χ4v) is 1.79. The largest absolute Gasteiger partial charge is 0.480 e. The molecule has 1 atom stereocenters. The molecule has 1 rings (SSSR count). The molecule has 2 amide bonds. The minimum atomic E-state index is -1.04. The standard InChI is InChI=1S/C12H20N4O3/c1-5-10(11(17)18)14-12(19)13-6-9-7(2)15-16(4)8(9)3/h10H,5-6H2,1-4H3,(H,17,18)(H2,13,14,19). The van der Waals surface area contributed by atoms with Gasteiger partial charge in [0.15, 0.2) is 0 Å². The van der Waals surface area contributed by atoms with E-state index < -0.39 is 18.0 Å². The molecule has 1 aromatic heterocycles. The van der Waals surface area contributed by atoms with Gasteiger partial charge in [0.25, 0.3) is 0 Å². The Balaban J connectivity index is 2.57. The van der Waals surface area contributed by atoms with Crippen molar-refractivity contribution in [1.29, 1.82) is 0 Å². The van der Waals surface area contributed by atoms with Crippen LogP contribution in [0.25, 0.3) is 0 Å². The molecule has 106 valence electrons. The molecule has 0 aliphatic carbocycles. The van der Waals surface area contributed by atoms with Crippen LogP contribution in [-0.2, 0) is 18.4 Å². The number of amides is 2. The van der Waals surface area contributed by atoms with E-state index in [0.717, 1.165) is 17.0 Å². The minimum Gasteiger partial charge on any atom is -0.480 e. The Kier molecular flexibility index (Phi) is 4.91. The van der Waals surface area contributed by atoms with Crippen LogP contribution >= 0.6 is 0 Å². The molecule has 7 nitrogen and oxygen atoms in total. The van der Waals surface area contributed by atoms with Gasteiger partial charge in [0.05, 0.1) is 5.69 Å². The van der Waals surface area contributed by atoms with Gasteiger partial charge in [-0.15, -0.1) is 0 Å². The third-order valence-electron chi connectivity index (χ3n) is 3.10. The molecule has 3 N–H and O–H groups in total. The first kappa shape index (κ1) is 15.0. The summed E-state index contributed by atoms with van der Waals surface area (Å²) in [5, 5.41) is 18.1. The SMILES string of the molecule is CCC(NC(=O)NCc1c(C)nn(C)c1C)C(=O)O. The Morgan fingerprint density at radius 3 is 2.47 bits per heavy atom. The summed E-state index contributed by atoms with van der Waals surface area (Å²) < 4.78 is 1.75. The van der Waals surface area contributed by atoms with Gasteiger partial charge in [0, 0.05) is 24.8 Å². The van der Waals surface area contributed by atoms with Crippen LogP contribution in [0.3, 0.4) is 0 Å². The Hall–Kier alpha value is -2.05. The zero-order chi connectivity index (χ0) is 14.6. The van der Waals surface area contributed by atoms with E-state index >= 15 is 0 Å². The minimum absolute atomic E-state index is 0.327. The summed E-state index contributed by atoms with van der Waals surface area (Å²) in [4.78, 5) is 22.4. The van der Waals surface area contributed by atoms with Crippen LogP contribution in [-0.4, -0.2) is 32.9 Å².